The predicted molar refractivity (Wildman–Crippen MR) is 206 cm³/mol. The van der Waals surface area contributed by atoms with E-state index in [0.717, 1.165) is 27.8 Å². The number of hydrogen-bond acceptors (Lipinski definition) is 5. The summed E-state index contributed by atoms with van der Waals surface area (Å²) in [5.74, 6) is 0.703. The number of phenolic OH excluding ortho intramolecular Hbond substituents is 5. The maximum atomic E-state index is 11.9. The molecular formula is C46H52O5. The molecule has 5 nitrogen and oxygen atoms in total. The number of benzene rings is 5. The zero-order valence-electron chi connectivity index (χ0n) is 31.5. The van der Waals surface area contributed by atoms with E-state index in [4.69, 9.17) is 0 Å². The zero-order chi connectivity index (χ0) is 37.2. The molecule has 10 bridgehead atoms. The van der Waals surface area contributed by atoms with E-state index in [1.165, 1.54) is 0 Å². The summed E-state index contributed by atoms with van der Waals surface area (Å²) in [7, 11) is 0. The molecule has 0 aliphatic heterocycles. The van der Waals surface area contributed by atoms with E-state index in [-0.39, 0.29) is 39.6 Å². The lowest BCUT2D eigenvalue weighted by atomic mass is 9.81. The number of rotatable bonds is 0. The molecule has 0 amide bonds. The van der Waals surface area contributed by atoms with Gasteiger partial charge in [0.05, 0.1) is 0 Å². The number of hydrogen-bond donors (Lipinski definition) is 5. The van der Waals surface area contributed by atoms with Crippen molar-refractivity contribution in [1.82, 2.24) is 0 Å². The number of aryl methyl sites for hydroxylation is 3. The Labute approximate surface area is 302 Å². The third kappa shape index (κ3) is 7.30. The Kier molecular flexibility index (Phi) is 9.16. The van der Waals surface area contributed by atoms with Crippen LogP contribution in [-0.2, 0) is 42.9 Å². The molecule has 5 N–H and O–H groups in total. The van der Waals surface area contributed by atoms with Gasteiger partial charge >= 0.3 is 0 Å². The Morgan fingerprint density at radius 1 is 0.314 bits per heavy atom. The molecule has 6 rings (SSSR count). The normalized spacial score (nSPS) is 13.6. The minimum atomic E-state index is -0.230. The highest BCUT2D eigenvalue weighted by Gasteiger charge is 2.25. The number of aromatic hydroxyl groups is 5. The second-order valence-corrected chi connectivity index (χ2v) is 17.0. The molecule has 0 saturated carbocycles. The lowest BCUT2D eigenvalue weighted by Crippen LogP contribution is -2.14. The van der Waals surface area contributed by atoms with Crippen molar-refractivity contribution in [2.75, 3.05) is 0 Å². The average Bonchev–Trinajstić information content (AvgIpc) is 3.02. The topological polar surface area (TPSA) is 101 Å². The van der Waals surface area contributed by atoms with Crippen molar-refractivity contribution < 1.29 is 25.5 Å². The highest BCUT2D eigenvalue weighted by molar-refractivity contribution is 5.58. The van der Waals surface area contributed by atoms with Crippen LogP contribution in [0.5, 0.6) is 28.7 Å². The molecule has 0 unspecified atom stereocenters. The van der Waals surface area contributed by atoms with Gasteiger partial charge in [-0.05, 0) is 98.4 Å². The van der Waals surface area contributed by atoms with E-state index < -0.39 is 0 Å². The summed E-state index contributed by atoms with van der Waals surface area (Å²) in [5, 5.41) is 59.0. The van der Waals surface area contributed by atoms with Crippen molar-refractivity contribution in [3.63, 3.8) is 0 Å². The average molecular weight is 685 g/mol. The first-order valence-corrected chi connectivity index (χ1v) is 17.9. The zero-order valence-corrected chi connectivity index (χ0v) is 31.5. The molecule has 0 fully saturated rings. The third-order valence-corrected chi connectivity index (χ3v) is 10.4. The number of fused-ring (bicyclic) bond motifs is 10. The summed E-state index contributed by atoms with van der Waals surface area (Å²) in [5.41, 5.74) is 11.5. The van der Waals surface area contributed by atoms with Crippen molar-refractivity contribution in [2.45, 2.75) is 105 Å². The molecule has 0 atom stereocenters. The Bertz CT molecular complexity index is 2020. The Hall–Kier alpha value is -4.90. The molecule has 0 radical (unpaired) electrons. The van der Waals surface area contributed by atoms with Crippen molar-refractivity contribution >= 4 is 0 Å². The quantitative estimate of drug-likeness (QED) is 0.110. The van der Waals surface area contributed by atoms with Crippen LogP contribution in [0.1, 0.15) is 125 Å². The van der Waals surface area contributed by atoms with Crippen LogP contribution in [0.2, 0.25) is 0 Å². The van der Waals surface area contributed by atoms with Gasteiger partial charge < -0.3 is 25.5 Å². The first-order valence-electron chi connectivity index (χ1n) is 17.9. The molecule has 5 aromatic rings. The maximum Gasteiger partial charge on any atom is 0.122 e. The van der Waals surface area contributed by atoms with Gasteiger partial charge in [-0.3, -0.25) is 0 Å². The van der Waals surface area contributed by atoms with Crippen LogP contribution < -0.4 is 0 Å². The first-order chi connectivity index (χ1) is 23.8. The van der Waals surface area contributed by atoms with Crippen LogP contribution in [-0.4, -0.2) is 25.5 Å². The lowest BCUT2D eigenvalue weighted by molar-refractivity contribution is 0.450. The van der Waals surface area contributed by atoms with Crippen LogP contribution in [0.3, 0.4) is 0 Å². The van der Waals surface area contributed by atoms with E-state index in [0.29, 0.717) is 87.7 Å². The molecule has 0 saturated heterocycles. The molecular weight excluding hydrogens is 633 g/mol. The fraction of sp³-hybridized carbons (Fsp3) is 0.348. The van der Waals surface area contributed by atoms with Gasteiger partial charge in [-0.1, -0.05) is 119 Å². The van der Waals surface area contributed by atoms with Gasteiger partial charge in [0.1, 0.15) is 28.7 Å². The maximum absolute atomic E-state index is 11.9. The third-order valence-electron chi connectivity index (χ3n) is 10.4. The molecule has 266 valence electrons. The van der Waals surface area contributed by atoms with E-state index in [1.54, 1.807) is 0 Å². The summed E-state index contributed by atoms with van der Waals surface area (Å²) in [6.07, 6.45) is 1.54. The standard InChI is InChI=1S/C46H52O5/c1-25-10-28-16-30-12-26(2)14-32(41(30)48)18-34-21-38(45(4,5)6)23-36(43(34)50)20-37-24-39(46(7,8)9)22-35(44(37)51)19-33-15-27(3)13-31(42(33)49)17-29(11-25)40(28)47/h10-15,21-24,47-51H,16-20H2,1-9H3. The Morgan fingerprint density at radius 3 is 0.627 bits per heavy atom. The monoisotopic (exact) mass is 684 g/mol. The minimum absolute atomic E-state index is 0.139. The lowest BCUT2D eigenvalue weighted by Gasteiger charge is -2.25. The van der Waals surface area contributed by atoms with Crippen LogP contribution in [0.15, 0.2) is 60.7 Å². The summed E-state index contributed by atoms with van der Waals surface area (Å²) >= 11 is 0. The van der Waals surface area contributed by atoms with Crippen LogP contribution >= 0.6 is 0 Å². The van der Waals surface area contributed by atoms with Crippen LogP contribution in [0, 0.1) is 20.8 Å². The Balaban J connectivity index is 1.65. The summed E-state index contributed by atoms with van der Waals surface area (Å²) in [6, 6.07) is 19.8. The first kappa shape index (κ1) is 35.9. The Morgan fingerprint density at radius 2 is 0.471 bits per heavy atom. The molecule has 5 heteroatoms. The molecule has 51 heavy (non-hydrogen) atoms. The summed E-state index contributed by atoms with van der Waals surface area (Å²) in [4.78, 5) is 0. The van der Waals surface area contributed by atoms with Gasteiger partial charge in [0.25, 0.3) is 0 Å². The molecule has 0 spiro atoms. The van der Waals surface area contributed by atoms with Crippen molar-refractivity contribution in [3.05, 3.63) is 144 Å². The van der Waals surface area contributed by atoms with Gasteiger partial charge in [0, 0.05) is 32.1 Å². The summed E-state index contributed by atoms with van der Waals surface area (Å²) in [6.45, 7) is 18.8. The highest BCUT2D eigenvalue weighted by Crippen LogP contribution is 2.41. The predicted octanol–water partition coefficient (Wildman–Crippen LogP) is 10.0. The van der Waals surface area contributed by atoms with E-state index in [1.807, 2.05) is 81.4 Å². The second kappa shape index (κ2) is 13.0. The minimum Gasteiger partial charge on any atom is -0.507 e. The van der Waals surface area contributed by atoms with Gasteiger partial charge in [0.2, 0.25) is 0 Å². The molecule has 1 aliphatic rings. The van der Waals surface area contributed by atoms with Crippen molar-refractivity contribution in [3.8, 4) is 28.7 Å². The fourth-order valence-corrected chi connectivity index (χ4v) is 7.56. The van der Waals surface area contributed by atoms with Crippen LogP contribution in [0.25, 0.3) is 0 Å². The van der Waals surface area contributed by atoms with Gasteiger partial charge in [-0.25, -0.2) is 0 Å². The van der Waals surface area contributed by atoms with Crippen LogP contribution in [0.4, 0.5) is 0 Å². The smallest absolute Gasteiger partial charge is 0.122 e. The van der Waals surface area contributed by atoms with Crippen molar-refractivity contribution in [1.29, 1.82) is 0 Å². The molecule has 5 aromatic carbocycles. The van der Waals surface area contributed by atoms with E-state index >= 15 is 0 Å². The highest BCUT2D eigenvalue weighted by atomic mass is 16.3. The molecule has 0 aromatic heterocycles. The largest absolute Gasteiger partial charge is 0.507 e. The van der Waals surface area contributed by atoms with Gasteiger partial charge in [0.15, 0.2) is 0 Å². The van der Waals surface area contributed by atoms with Gasteiger partial charge in [-0.15, -0.1) is 0 Å². The number of phenols is 5. The fourth-order valence-electron chi connectivity index (χ4n) is 7.56. The SMILES string of the molecule is Cc1cc2c(O)c(c1)Cc1cc(C)cc(c1O)Cc1cc(C(C)(C)C)cc(c1O)Cc1cc(C(C)(C)C)cc(c1O)Cc1cc(C)cc(c1O)C2. The molecule has 0 heterocycles. The molecule has 1 aliphatic carbocycles. The second-order valence-electron chi connectivity index (χ2n) is 17.0. The van der Waals surface area contributed by atoms with Crippen molar-refractivity contribution in [2.24, 2.45) is 0 Å². The van der Waals surface area contributed by atoms with E-state index in [9.17, 15) is 25.5 Å². The summed E-state index contributed by atoms with van der Waals surface area (Å²) < 4.78 is 0. The van der Waals surface area contributed by atoms with E-state index in [2.05, 4.69) is 41.5 Å². The van der Waals surface area contributed by atoms with Gasteiger partial charge in [-0.2, -0.15) is 0 Å².